The van der Waals surface area contributed by atoms with Crippen LogP contribution in [0.4, 0.5) is 5.69 Å². The lowest BCUT2D eigenvalue weighted by atomic mass is 10.1. The first-order valence-electron chi connectivity index (χ1n) is 8.62. The molecule has 0 amide bonds. The maximum atomic E-state index is 12.5. The van der Waals surface area contributed by atoms with Gasteiger partial charge in [-0.1, -0.05) is 42.5 Å². The van der Waals surface area contributed by atoms with E-state index in [1.165, 1.54) is 42.5 Å². The fraction of sp³-hybridized carbons (Fsp3) is 0.0952. The molecule has 0 spiro atoms. The van der Waals surface area contributed by atoms with E-state index in [1.54, 1.807) is 36.4 Å². The highest BCUT2D eigenvalue weighted by molar-refractivity contribution is 7.90. The summed E-state index contributed by atoms with van der Waals surface area (Å²) in [5.41, 5.74) is 1.05. The fourth-order valence-corrected chi connectivity index (χ4v) is 4.07. The van der Waals surface area contributed by atoms with Gasteiger partial charge in [0.1, 0.15) is 6.61 Å². The second-order valence-corrected chi connectivity index (χ2v) is 8.27. The number of rotatable bonds is 7. The summed E-state index contributed by atoms with van der Waals surface area (Å²) in [6.07, 6.45) is 0. The highest BCUT2D eigenvalue weighted by Crippen LogP contribution is 2.18. The van der Waals surface area contributed by atoms with E-state index in [0.717, 1.165) is 0 Å². The van der Waals surface area contributed by atoms with Crippen LogP contribution in [0.15, 0.2) is 83.8 Å². The molecule has 0 saturated heterocycles. The van der Waals surface area contributed by atoms with Crippen molar-refractivity contribution in [1.82, 2.24) is 0 Å². The lowest BCUT2D eigenvalue weighted by Gasteiger charge is -2.08. The fourth-order valence-electron chi connectivity index (χ4n) is 2.71. The first kappa shape index (κ1) is 20.2. The molecule has 3 rings (SSSR count). The van der Waals surface area contributed by atoms with Crippen LogP contribution in [-0.2, 0) is 26.9 Å². The SMILES string of the molecule is O=C(OCc1cccc([N+](=O)[O-])c1)c1cccc(CS(=O)(=O)c2ccccc2)c1. The monoisotopic (exact) mass is 411 g/mol. The first-order valence-corrected chi connectivity index (χ1v) is 10.3. The molecule has 0 fully saturated rings. The smallest absolute Gasteiger partial charge is 0.338 e. The molecule has 7 nitrogen and oxygen atoms in total. The van der Waals surface area contributed by atoms with Gasteiger partial charge in [-0.15, -0.1) is 0 Å². The normalized spacial score (nSPS) is 11.0. The Bertz CT molecular complexity index is 1140. The topological polar surface area (TPSA) is 104 Å². The molecular formula is C21H17NO6S. The third-order valence-corrected chi connectivity index (χ3v) is 5.82. The molecule has 0 saturated carbocycles. The summed E-state index contributed by atoms with van der Waals surface area (Å²) in [4.78, 5) is 22.8. The molecule has 3 aromatic rings. The van der Waals surface area contributed by atoms with E-state index < -0.39 is 20.7 Å². The summed E-state index contributed by atoms with van der Waals surface area (Å²) in [5.74, 6) is -0.890. The molecule has 0 atom stereocenters. The quantitative estimate of drug-likeness (QED) is 0.332. The molecule has 148 valence electrons. The number of non-ortho nitro benzene ring substituents is 1. The molecule has 29 heavy (non-hydrogen) atoms. The molecule has 8 heteroatoms. The summed E-state index contributed by atoms with van der Waals surface area (Å²) in [6.45, 7) is -0.132. The van der Waals surface area contributed by atoms with Crippen molar-refractivity contribution in [2.75, 3.05) is 0 Å². The molecule has 0 aromatic heterocycles. The summed E-state index contributed by atoms with van der Waals surface area (Å²) in [6, 6.07) is 20.1. The number of ether oxygens (including phenoxy) is 1. The zero-order chi connectivity index (χ0) is 20.9. The first-order chi connectivity index (χ1) is 13.8. The average Bonchev–Trinajstić information content (AvgIpc) is 2.72. The average molecular weight is 411 g/mol. The van der Waals surface area contributed by atoms with Crippen LogP contribution < -0.4 is 0 Å². The van der Waals surface area contributed by atoms with Crippen molar-refractivity contribution in [2.45, 2.75) is 17.3 Å². The van der Waals surface area contributed by atoms with Crippen LogP contribution in [0, 0.1) is 10.1 Å². The van der Waals surface area contributed by atoms with Crippen molar-refractivity contribution in [2.24, 2.45) is 0 Å². The van der Waals surface area contributed by atoms with E-state index in [9.17, 15) is 23.3 Å². The minimum Gasteiger partial charge on any atom is -0.457 e. The summed E-state index contributed by atoms with van der Waals surface area (Å²) >= 11 is 0. The standard InChI is InChI=1S/C21H17NO6S/c23-21(28-14-16-6-5-9-19(13-16)22(24)25)18-8-4-7-17(12-18)15-29(26,27)20-10-2-1-3-11-20/h1-13H,14-15H2. The van der Waals surface area contributed by atoms with Gasteiger partial charge in [-0.2, -0.15) is 0 Å². The van der Waals surface area contributed by atoms with Crippen molar-refractivity contribution in [3.8, 4) is 0 Å². The number of carbonyl (C=O) groups is 1. The van der Waals surface area contributed by atoms with Gasteiger partial charge in [0.05, 0.1) is 21.1 Å². The van der Waals surface area contributed by atoms with Gasteiger partial charge in [0, 0.05) is 12.1 Å². The van der Waals surface area contributed by atoms with Gasteiger partial charge < -0.3 is 4.74 Å². The molecule has 0 N–H and O–H groups in total. The predicted octanol–water partition coefficient (Wildman–Crippen LogP) is 3.93. The van der Waals surface area contributed by atoms with Crippen molar-refractivity contribution in [3.63, 3.8) is 0 Å². The maximum absolute atomic E-state index is 12.5. The largest absolute Gasteiger partial charge is 0.457 e. The van der Waals surface area contributed by atoms with Crippen LogP contribution in [-0.4, -0.2) is 19.3 Å². The van der Waals surface area contributed by atoms with E-state index in [4.69, 9.17) is 4.74 Å². The van der Waals surface area contributed by atoms with Crippen molar-refractivity contribution < 1.29 is 22.9 Å². The Kier molecular flexibility index (Phi) is 6.04. The van der Waals surface area contributed by atoms with Gasteiger partial charge in [-0.3, -0.25) is 10.1 Å². The number of sulfone groups is 1. The molecule has 0 heterocycles. The van der Waals surface area contributed by atoms with Gasteiger partial charge >= 0.3 is 5.97 Å². The second kappa shape index (κ2) is 8.66. The number of nitro benzene ring substituents is 1. The summed E-state index contributed by atoms with van der Waals surface area (Å²) < 4.78 is 30.2. The van der Waals surface area contributed by atoms with Gasteiger partial charge in [0.15, 0.2) is 9.84 Å². The zero-order valence-corrected chi connectivity index (χ0v) is 16.0. The van der Waals surface area contributed by atoms with Crippen LogP contribution >= 0.6 is 0 Å². The van der Waals surface area contributed by atoms with E-state index in [1.807, 2.05) is 0 Å². The Hall–Kier alpha value is -3.52. The van der Waals surface area contributed by atoms with E-state index in [2.05, 4.69) is 0 Å². The number of benzene rings is 3. The molecule has 0 aliphatic carbocycles. The third kappa shape index (κ3) is 5.26. The molecular weight excluding hydrogens is 394 g/mol. The Balaban J connectivity index is 1.70. The number of hydrogen-bond donors (Lipinski definition) is 0. The van der Waals surface area contributed by atoms with E-state index in [-0.39, 0.29) is 28.5 Å². The van der Waals surface area contributed by atoms with Crippen molar-refractivity contribution >= 4 is 21.5 Å². The minimum absolute atomic E-state index is 0.0911. The minimum atomic E-state index is -3.54. The van der Waals surface area contributed by atoms with Gasteiger partial charge in [0.25, 0.3) is 5.69 Å². The number of carbonyl (C=O) groups excluding carboxylic acids is 1. The summed E-state index contributed by atoms with van der Waals surface area (Å²) in [7, 11) is -3.54. The second-order valence-electron chi connectivity index (χ2n) is 6.28. The van der Waals surface area contributed by atoms with Crippen LogP contribution in [0.2, 0.25) is 0 Å². The van der Waals surface area contributed by atoms with Crippen LogP contribution in [0.25, 0.3) is 0 Å². The molecule has 3 aromatic carbocycles. The Labute approximate surface area is 167 Å². The predicted molar refractivity (Wildman–Crippen MR) is 106 cm³/mol. The van der Waals surface area contributed by atoms with Crippen LogP contribution in [0.1, 0.15) is 21.5 Å². The number of nitro groups is 1. The highest BCUT2D eigenvalue weighted by Gasteiger charge is 2.16. The van der Waals surface area contributed by atoms with Crippen LogP contribution in [0.3, 0.4) is 0 Å². The number of esters is 1. The lowest BCUT2D eigenvalue weighted by molar-refractivity contribution is -0.384. The highest BCUT2D eigenvalue weighted by atomic mass is 32.2. The molecule has 0 aliphatic rings. The number of hydrogen-bond acceptors (Lipinski definition) is 6. The van der Waals surface area contributed by atoms with E-state index in [0.29, 0.717) is 11.1 Å². The van der Waals surface area contributed by atoms with Gasteiger partial charge in [0.2, 0.25) is 0 Å². The molecule has 0 bridgehead atoms. The molecule has 0 unspecified atom stereocenters. The Morgan fingerprint density at radius 3 is 2.31 bits per heavy atom. The van der Waals surface area contributed by atoms with E-state index >= 15 is 0 Å². The lowest BCUT2D eigenvalue weighted by Crippen LogP contribution is -2.08. The van der Waals surface area contributed by atoms with Crippen molar-refractivity contribution in [1.29, 1.82) is 0 Å². The number of nitrogens with zero attached hydrogens (tertiary/aromatic N) is 1. The maximum Gasteiger partial charge on any atom is 0.338 e. The van der Waals surface area contributed by atoms with Crippen molar-refractivity contribution in [3.05, 3.63) is 106 Å². The Morgan fingerprint density at radius 2 is 1.59 bits per heavy atom. The molecule has 0 aliphatic heterocycles. The summed E-state index contributed by atoms with van der Waals surface area (Å²) in [5, 5.41) is 10.8. The third-order valence-electron chi connectivity index (χ3n) is 4.11. The zero-order valence-electron chi connectivity index (χ0n) is 15.2. The van der Waals surface area contributed by atoms with Crippen LogP contribution in [0.5, 0.6) is 0 Å². The molecule has 0 radical (unpaired) electrons. The van der Waals surface area contributed by atoms with Gasteiger partial charge in [-0.05, 0) is 35.4 Å². The Morgan fingerprint density at radius 1 is 0.897 bits per heavy atom. The van der Waals surface area contributed by atoms with Gasteiger partial charge in [-0.25, -0.2) is 13.2 Å².